The molecule has 2 saturated heterocycles. The molecule has 0 aromatic carbocycles. The standard InChI is InChI=1S/C20H20N8O/c21-9-11-1-4-17(27-26-11)28-13-2-3-14(28)8-12(7-13)25-18-15-5-6-23-20(15)24-10-16(18)19(22)29/h1,4-6,10,12-14H,2-3,7-8H2,(H2,22,29)(H2,23,24,25)/t12?,13-,14?/m1/s1. The van der Waals surface area contributed by atoms with Gasteiger partial charge >= 0.3 is 0 Å². The van der Waals surface area contributed by atoms with Crippen LogP contribution < -0.4 is 16.0 Å². The minimum atomic E-state index is -0.489. The maximum absolute atomic E-state index is 11.9. The van der Waals surface area contributed by atoms with Crippen LogP contribution in [-0.2, 0) is 0 Å². The van der Waals surface area contributed by atoms with Crippen molar-refractivity contribution in [1.29, 1.82) is 5.26 Å². The molecule has 9 nitrogen and oxygen atoms in total. The first-order valence-electron chi connectivity index (χ1n) is 9.68. The predicted octanol–water partition coefficient (Wildman–Crippen LogP) is 1.94. The van der Waals surface area contributed by atoms with Gasteiger partial charge in [-0.15, -0.1) is 10.2 Å². The van der Waals surface area contributed by atoms with Crippen LogP contribution >= 0.6 is 0 Å². The molecule has 3 aromatic heterocycles. The van der Waals surface area contributed by atoms with Crippen molar-refractivity contribution in [3.05, 3.63) is 41.9 Å². The summed E-state index contributed by atoms with van der Waals surface area (Å²) in [5.74, 6) is 0.334. The fourth-order valence-corrected chi connectivity index (χ4v) is 4.75. The van der Waals surface area contributed by atoms with Gasteiger partial charge < -0.3 is 20.9 Å². The number of nitrogens with two attached hydrogens (primary N) is 1. The first-order chi connectivity index (χ1) is 14.1. The zero-order valence-electron chi connectivity index (χ0n) is 15.7. The van der Waals surface area contributed by atoms with Crippen LogP contribution in [0.4, 0.5) is 11.5 Å². The van der Waals surface area contributed by atoms with Gasteiger partial charge in [0.25, 0.3) is 5.91 Å². The number of H-pyrrole nitrogens is 1. The summed E-state index contributed by atoms with van der Waals surface area (Å²) in [4.78, 5) is 21.6. The number of pyridine rings is 1. The van der Waals surface area contributed by atoms with E-state index in [1.807, 2.05) is 24.4 Å². The molecule has 2 aliphatic rings. The SMILES string of the molecule is N#Cc1ccc(N2C3CC[C@@H]2CC(Nc2c(C(N)=O)cnc4[nH]ccc24)C3)nn1. The summed E-state index contributed by atoms with van der Waals surface area (Å²) >= 11 is 0. The van der Waals surface area contributed by atoms with Gasteiger partial charge in [0, 0.05) is 35.9 Å². The van der Waals surface area contributed by atoms with Gasteiger partial charge in [-0.2, -0.15) is 5.26 Å². The highest BCUT2D eigenvalue weighted by Crippen LogP contribution is 2.40. The molecule has 0 saturated carbocycles. The van der Waals surface area contributed by atoms with Crippen LogP contribution in [0.3, 0.4) is 0 Å². The number of nitrogens with zero attached hydrogens (tertiary/aromatic N) is 5. The second-order valence-corrected chi connectivity index (χ2v) is 7.64. The summed E-state index contributed by atoms with van der Waals surface area (Å²) in [6.07, 6.45) is 7.35. The maximum atomic E-state index is 11.9. The number of rotatable bonds is 4. The van der Waals surface area contributed by atoms with Crippen molar-refractivity contribution < 1.29 is 4.79 Å². The van der Waals surface area contributed by atoms with Crippen molar-refractivity contribution in [2.75, 3.05) is 10.2 Å². The molecule has 1 amide bonds. The summed E-state index contributed by atoms with van der Waals surface area (Å²) in [7, 11) is 0. The Balaban J connectivity index is 1.40. The molecule has 146 valence electrons. The lowest BCUT2D eigenvalue weighted by Crippen LogP contribution is -2.47. The number of carbonyl (C=O) groups excluding carboxylic acids is 1. The Morgan fingerprint density at radius 2 is 2.03 bits per heavy atom. The molecule has 0 aliphatic carbocycles. The number of anilines is 2. The van der Waals surface area contributed by atoms with Crippen molar-refractivity contribution in [1.82, 2.24) is 20.2 Å². The van der Waals surface area contributed by atoms with E-state index in [0.29, 0.717) is 23.3 Å². The van der Waals surface area contributed by atoms with Gasteiger partial charge in [0.05, 0.1) is 11.3 Å². The lowest BCUT2D eigenvalue weighted by atomic mass is 9.96. The van der Waals surface area contributed by atoms with Gasteiger partial charge in [-0.1, -0.05) is 0 Å². The predicted molar refractivity (Wildman–Crippen MR) is 107 cm³/mol. The monoisotopic (exact) mass is 388 g/mol. The zero-order valence-corrected chi connectivity index (χ0v) is 15.7. The van der Waals surface area contributed by atoms with Gasteiger partial charge in [0.2, 0.25) is 0 Å². The number of piperidine rings is 1. The zero-order chi connectivity index (χ0) is 20.0. The minimum absolute atomic E-state index is 0.216. The molecule has 5 rings (SSSR count). The molecule has 0 radical (unpaired) electrons. The van der Waals surface area contributed by atoms with Crippen LogP contribution in [0, 0.1) is 11.3 Å². The lowest BCUT2D eigenvalue weighted by molar-refractivity contribution is 0.100. The van der Waals surface area contributed by atoms with E-state index in [1.165, 1.54) is 6.20 Å². The number of amides is 1. The smallest absolute Gasteiger partial charge is 0.252 e. The van der Waals surface area contributed by atoms with E-state index in [2.05, 4.69) is 30.4 Å². The van der Waals surface area contributed by atoms with E-state index in [0.717, 1.165) is 48.2 Å². The van der Waals surface area contributed by atoms with Gasteiger partial charge in [0.1, 0.15) is 11.7 Å². The molecule has 3 aromatic rings. The van der Waals surface area contributed by atoms with E-state index >= 15 is 0 Å². The molecular formula is C20H20N8O. The van der Waals surface area contributed by atoms with Crippen LogP contribution in [0.25, 0.3) is 11.0 Å². The largest absolute Gasteiger partial charge is 0.381 e. The van der Waals surface area contributed by atoms with E-state index < -0.39 is 5.91 Å². The highest BCUT2D eigenvalue weighted by Gasteiger charge is 2.41. The Kier molecular flexibility index (Phi) is 4.05. The maximum Gasteiger partial charge on any atom is 0.252 e. The number of aromatic amines is 1. The van der Waals surface area contributed by atoms with Crippen molar-refractivity contribution in [2.24, 2.45) is 5.73 Å². The second-order valence-electron chi connectivity index (χ2n) is 7.64. The molecule has 2 fully saturated rings. The second kappa shape index (κ2) is 6.74. The summed E-state index contributed by atoms with van der Waals surface area (Å²) in [6.45, 7) is 0. The number of aromatic nitrogens is 4. The molecule has 0 spiro atoms. The number of nitrogens with one attached hydrogen (secondary N) is 2. The van der Waals surface area contributed by atoms with Crippen LogP contribution in [0.5, 0.6) is 0 Å². The Morgan fingerprint density at radius 1 is 1.24 bits per heavy atom. The average molecular weight is 388 g/mol. The van der Waals surface area contributed by atoms with E-state index in [9.17, 15) is 4.79 Å². The molecule has 9 heteroatoms. The van der Waals surface area contributed by atoms with Crippen molar-refractivity contribution in [3.8, 4) is 6.07 Å². The third kappa shape index (κ3) is 2.93. The van der Waals surface area contributed by atoms with Crippen molar-refractivity contribution in [2.45, 2.75) is 43.8 Å². The number of carbonyl (C=O) groups is 1. The Labute approximate surface area is 166 Å². The summed E-state index contributed by atoms with van der Waals surface area (Å²) in [5, 5.41) is 21.6. The highest BCUT2D eigenvalue weighted by molar-refractivity contribution is 6.06. The summed E-state index contributed by atoms with van der Waals surface area (Å²) in [6, 6.07) is 8.41. The Morgan fingerprint density at radius 3 is 2.69 bits per heavy atom. The molecule has 2 bridgehead atoms. The normalized spacial score (nSPS) is 23.1. The first kappa shape index (κ1) is 17.4. The fraction of sp³-hybridized carbons (Fsp3) is 0.350. The third-order valence-corrected chi connectivity index (χ3v) is 5.96. The molecule has 2 unspecified atom stereocenters. The third-order valence-electron chi connectivity index (χ3n) is 5.96. The topological polar surface area (TPSA) is 137 Å². The first-order valence-corrected chi connectivity index (χ1v) is 9.68. The summed E-state index contributed by atoms with van der Waals surface area (Å²) < 4.78 is 0. The Hall–Kier alpha value is -3.67. The number of fused-ring (bicyclic) bond motifs is 3. The Bertz CT molecular complexity index is 1100. The average Bonchev–Trinajstić information content (AvgIpc) is 3.31. The van der Waals surface area contributed by atoms with Gasteiger partial charge in [-0.05, 0) is 43.9 Å². The molecular weight excluding hydrogens is 368 g/mol. The van der Waals surface area contributed by atoms with Gasteiger partial charge in [0.15, 0.2) is 11.5 Å². The van der Waals surface area contributed by atoms with Crippen LogP contribution in [0.2, 0.25) is 0 Å². The van der Waals surface area contributed by atoms with E-state index in [1.54, 1.807) is 6.07 Å². The minimum Gasteiger partial charge on any atom is -0.381 e. The molecule has 5 heterocycles. The molecule has 4 N–H and O–H groups in total. The summed E-state index contributed by atoms with van der Waals surface area (Å²) in [5.41, 5.74) is 7.80. The highest BCUT2D eigenvalue weighted by atomic mass is 16.1. The lowest BCUT2D eigenvalue weighted by Gasteiger charge is -2.40. The number of hydrogen-bond donors (Lipinski definition) is 3. The van der Waals surface area contributed by atoms with E-state index in [4.69, 9.17) is 11.0 Å². The molecule has 3 atom stereocenters. The molecule has 29 heavy (non-hydrogen) atoms. The quantitative estimate of drug-likeness (QED) is 0.621. The number of hydrogen-bond acceptors (Lipinski definition) is 7. The number of nitriles is 1. The molecule has 2 aliphatic heterocycles. The van der Waals surface area contributed by atoms with Gasteiger partial charge in [-0.3, -0.25) is 4.79 Å². The van der Waals surface area contributed by atoms with Crippen molar-refractivity contribution in [3.63, 3.8) is 0 Å². The van der Waals surface area contributed by atoms with Gasteiger partial charge in [-0.25, -0.2) is 4.98 Å². The van der Waals surface area contributed by atoms with Crippen LogP contribution in [0.1, 0.15) is 41.7 Å². The number of primary amides is 1. The fourth-order valence-electron chi connectivity index (χ4n) is 4.75. The van der Waals surface area contributed by atoms with Crippen molar-refractivity contribution >= 4 is 28.4 Å². The van der Waals surface area contributed by atoms with E-state index in [-0.39, 0.29) is 6.04 Å². The van der Waals surface area contributed by atoms with Crippen LogP contribution in [-0.4, -0.2) is 44.2 Å². The van der Waals surface area contributed by atoms with Crippen LogP contribution in [0.15, 0.2) is 30.6 Å².